The Labute approximate surface area is 217 Å². The molecule has 0 aliphatic heterocycles. The van der Waals surface area contributed by atoms with E-state index in [1.165, 1.54) is 0 Å². The highest BCUT2D eigenvalue weighted by Crippen LogP contribution is 2.40. The van der Waals surface area contributed by atoms with Gasteiger partial charge in [-0.1, -0.05) is 121 Å². The zero-order valence-electron chi connectivity index (χ0n) is 20.6. The van der Waals surface area contributed by atoms with E-state index < -0.39 is 11.6 Å². The Hall–Kier alpha value is -4.48. The topological polar surface area (TPSA) is 72.9 Å². The number of aromatic nitrogens is 2. The van der Waals surface area contributed by atoms with Gasteiger partial charge < -0.3 is 15.6 Å². The summed E-state index contributed by atoms with van der Waals surface area (Å²) in [6, 6.07) is 40.4. The van der Waals surface area contributed by atoms with Crippen molar-refractivity contribution in [3.8, 4) is 0 Å². The molecule has 5 heteroatoms. The van der Waals surface area contributed by atoms with E-state index >= 15 is 0 Å². The van der Waals surface area contributed by atoms with Crippen LogP contribution >= 0.6 is 0 Å². The molecule has 5 aromatic rings. The number of amides is 1. The molecule has 5 nitrogen and oxygen atoms in total. The number of rotatable bonds is 9. The molecule has 1 atom stereocenters. The fraction of sp³-hybridized carbons (Fsp3) is 0.125. The van der Waals surface area contributed by atoms with Crippen LogP contribution in [0.4, 0.5) is 0 Å². The second kappa shape index (κ2) is 11.1. The fourth-order valence-corrected chi connectivity index (χ4v) is 4.87. The van der Waals surface area contributed by atoms with Gasteiger partial charge in [0.25, 0.3) is 0 Å². The zero-order chi connectivity index (χ0) is 25.5. The van der Waals surface area contributed by atoms with Crippen molar-refractivity contribution in [3.05, 3.63) is 162 Å². The number of nitrogens with one attached hydrogen (secondary N) is 1. The van der Waals surface area contributed by atoms with Crippen LogP contribution in [-0.2, 0) is 23.3 Å². The van der Waals surface area contributed by atoms with E-state index in [9.17, 15) is 4.79 Å². The van der Waals surface area contributed by atoms with Crippen LogP contribution < -0.4 is 11.1 Å². The van der Waals surface area contributed by atoms with E-state index in [0.717, 1.165) is 27.9 Å². The first-order valence-corrected chi connectivity index (χ1v) is 12.4. The highest BCUT2D eigenvalue weighted by atomic mass is 16.2. The lowest BCUT2D eigenvalue weighted by atomic mass is 9.77. The van der Waals surface area contributed by atoms with Gasteiger partial charge in [0, 0.05) is 19.2 Å². The van der Waals surface area contributed by atoms with Crippen LogP contribution in [0.3, 0.4) is 0 Å². The lowest BCUT2D eigenvalue weighted by molar-refractivity contribution is -0.122. The monoisotopic (exact) mass is 486 g/mol. The Kier molecular flexibility index (Phi) is 7.24. The Morgan fingerprint density at radius 3 is 1.70 bits per heavy atom. The van der Waals surface area contributed by atoms with Crippen molar-refractivity contribution in [1.29, 1.82) is 0 Å². The maximum absolute atomic E-state index is 12.7. The van der Waals surface area contributed by atoms with Crippen molar-refractivity contribution in [2.24, 2.45) is 5.73 Å². The van der Waals surface area contributed by atoms with Crippen LogP contribution in [0.5, 0.6) is 0 Å². The number of carbonyl (C=O) groups excluding carboxylic acids is 1. The standard InChI is InChI=1S/C32H30N4O/c33-30(31(37)34-22-25-13-5-1-6-14-25)21-29-23-36(24-35-29)32(26-15-7-2-8-16-26,27-17-9-3-10-18-27)28-19-11-4-12-20-28/h1-20,23-24,30H,21-22,33H2,(H,34,37)/t30-/m0/s1. The number of nitrogens with zero attached hydrogens (tertiary/aromatic N) is 2. The number of hydrogen-bond acceptors (Lipinski definition) is 3. The van der Waals surface area contributed by atoms with Crippen LogP contribution in [-0.4, -0.2) is 21.5 Å². The molecule has 184 valence electrons. The van der Waals surface area contributed by atoms with Gasteiger partial charge in [-0.25, -0.2) is 4.98 Å². The van der Waals surface area contributed by atoms with Crippen LogP contribution in [0.2, 0.25) is 0 Å². The number of nitrogens with two attached hydrogens (primary N) is 1. The van der Waals surface area contributed by atoms with Crippen molar-refractivity contribution in [2.45, 2.75) is 24.5 Å². The summed E-state index contributed by atoms with van der Waals surface area (Å²) < 4.78 is 2.14. The summed E-state index contributed by atoms with van der Waals surface area (Å²) >= 11 is 0. The van der Waals surface area contributed by atoms with E-state index in [-0.39, 0.29) is 5.91 Å². The minimum Gasteiger partial charge on any atom is -0.351 e. The normalized spacial score (nSPS) is 12.1. The first-order chi connectivity index (χ1) is 18.2. The summed E-state index contributed by atoms with van der Waals surface area (Å²) in [5.41, 5.74) is 10.8. The third kappa shape index (κ3) is 5.08. The maximum Gasteiger partial charge on any atom is 0.237 e. The van der Waals surface area contributed by atoms with E-state index in [4.69, 9.17) is 10.7 Å². The van der Waals surface area contributed by atoms with Crippen LogP contribution in [0.15, 0.2) is 134 Å². The molecule has 3 N–H and O–H groups in total. The summed E-state index contributed by atoms with van der Waals surface area (Å²) in [4.78, 5) is 17.4. The highest BCUT2D eigenvalue weighted by molar-refractivity contribution is 5.81. The van der Waals surface area contributed by atoms with Gasteiger partial charge in [-0.15, -0.1) is 0 Å². The van der Waals surface area contributed by atoms with Crippen molar-refractivity contribution in [3.63, 3.8) is 0 Å². The molecule has 5 rings (SSSR count). The minimum atomic E-state index is -0.702. The molecule has 4 aromatic carbocycles. The molecule has 0 bridgehead atoms. The maximum atomic E-state index is 12.7. The van der Waals surface area contributed by atoms with Crippen LogP contribution in [0.1, 0.15) is 27.9 Å². The molecule has 0 aliphatic rings. The van der Waals surface area contributed by atoms with E-state index in [0.29, 0.717) is 13.0 Å². The summed E-state index contributed by atoms with van der Waals surface area (Å²) in [5, 5.41) is 2.94. The van der Waals surface area contributed by atoms with Crippen LogP contribution in [0.25, 0.3) is 0 Å². The van der Waals surface area contributed by atoms with Gasteiger partial charge >= 0.3 is 0 Å². The van der Waals surface area contributed by atoms with Gasteiger partial charge in [-0.05, 0) is 22.3 Å². The van der Waals surface area contributed by atoms with E-state index in [1.54, 1.807) is 0 Å². The molecule has 0 radical (unpaired) electrons. The molecule has 0 fully saturated rings. The number of imidazole rings is 1. The Balaban J connectivity index is 1.48. The molecular formula is C32H30N4O. The van der Waals surface area contributed by atoms with Gasteiger partial charge in [0.2, 0.25) is 5.91 Å². The average Bonchev–Trinajstić information content (AvgIpc) is 3.43. The van der Waals surface area contributed by atoms with Gasteiger partial charge in [0.05, 0.1) is 18.1 Å². The summed E-state index contributed by atoms with van der Waals surface area (Å²) in [5.74, 6) is -0.196. The molecule has 37 heavy (non-hydrogen) atoms. The molecule has 1 aromatic heterocycles. The first-order valence-electron chi connectivity index (χ1n) is 12.4. The van der Waals surface area contributed by atoms with Crippen molar-refractivity contribution >= 4 is 5.91 Å². The molecule has 1 heterocycles. The molecule has 0 spiro atoms. The fourth-order valence-electron chi connectivity index (χ4n) is 4.87. The van der Waals surface area contributed by atoms with Gasteiger partial charge in [0.15, 0.2) is 0 Å². The quantitative estimate of drug-likeness (QED) is 0.291. The summed E-state index contributed by atoms with van der Waals surface area (Å²) in [7, 11) is 0. The highest BCUT2D eigenvalue weighted by Gasteiger charge is 2.38. The lowest BCUT2D eigenvalue weighted by Crippen LogP contribution is -2.41. The predicted molar refractivity (Wildman–Crippen MR) is 147 cm³/mol. The van der Waals surface area contributed by atoms with Gasteiger partial charge in [0.1, 0.15) is 5.54 Å². The third-order valence-electron chi connectivity index (χ3n) is 6.67. The lowest BCUT2D eigenvalue weighted by Gasteiger charge is -2.37. The van der Waals surface area contributed by atoms with E-state index in [1.807, 2.05) is 61.1 Å². The second-order valence-electron chi connectivity index (χ2n) is 9.09. The Morgan fingerprint density at radius 1 is 0.757 bits per heavy atom. The largest absolute Gasteiger partial charge is 0.351 e. The van der Waals surface area contributed by atoms with Gasteiger partial charge in [-0.3, -0.25) is 4.79 Å². The molecule has 1 amide bonds. The molecule has 0 saturated heterocycles. The minimum absolute atomic E-state index is 0.196. The third-order valence-corrected chi connectivity index (χ3v) is 6.67. The molecular weight excluding hydrogens is 456 g/mol. The van der Waals surface area contributed by atoms with Crippen molar-refractivity contribution in [1.82, 2.24) is 14.9 Å². The number of hydrogen-bond donors (Lipinski definition) is 2. The Bertz CT molecular complexity index is 1320. The van der Waals surface area contributed by atoms with E-state index in [2.05, 4.69) is 82.7 Å². The SMILES string of the molecule is N[C@@H](Cc1cn(C(c2ccccc2)(c2ccccc2)c2ccccc2)cn1)C(=O)NCc1ccccc1. The summed E-state index contributed by atoms with van der Waals surface area (Å²) in [6.07, 6.45) is 4.19. The van der Waals surface area contributed by atoms with Gasteiger partial charge in [-0.2, -0.15) is 0 Å². The predicted octanol–water partition coefficient (Wildman–Crippen LogP) is 4.91. The smallest absolute Gasteiger partial charge is 0.237 e. The zero-order valence-corrected chi connectivity index (χ0v) is 20.6. The van der Waals surface area contributed by atoms with Crippen molar-refractivity contribution < 1.29 is 4.79 Å². The Morgan fingerprint density at radius 2 is 1.22 bits per heavy atom. The average molecular weight is 487 g/mol. The molecule has 0 aliphatic carbocycles. The van der Waals surface area contributed by atoms with Crippen LogP contribution in [0, 0.1) is 0 Å². The molecule has 0 unspecified atom stereocenters. The first kappa shape index (κ1) is 24.2. The van der Waals surface area contributed by atoms with Crippen molar-refractivity contribution in [2.75, 3.05) is 0 Å². The summed E-state index contributed by atoms with van der Waals surface area (Å²) in [6.45, 7) is 0.445. The molecule has 0 saturated carbocycles. The number of benzene rings is 4. The number of carbonyl (C=O) groups is 1. The second-order valence-corrected chi connectivity index (χ2v) is 9.09.